The van der Waals surface area contributed by atoms with E-state index in [-0.39, 0.29) is 11.3 Å². The molecule has 0 aliphatic rings. The summed E-state index contributed by atoms with van der Waals surface area (Å²) in [6, 6.07) is 13.9. The van der Waals surface area contributed by atoms with Crippen molar-refractivity contribution >= 4 is 34.0 Å². The Bertz CT molecular complexity index is 993. The maximum atomic E-state index is 12.3. The fraction of sp³-hybridized carbons (Fsp3) is 0.0588. The van der Waals surface area contributed by atoms with E-state index in [1.807, 2.05) is 0 Å². The number of halogens is 1. The van der Waals surface area contributed by atoms with E-state index < -0.39 is 5.91 Å². The first kappa shape index (κ1) is 15.9. The fourth-order valence-electron chi connectivity index (χ4n) is 2.23. The molecule has 7 heteroatoms. The van der Waals surface area contributed by atoms with Crippen LogP contribution in [0.25, 0.3) is 10.8 Å². The SMILES string of the molecule is C/C(=N/NC(=O)c1n[nH]c(=O)c2ccccc12)c1ccc(Cl)cc1. The van der Waals surface area contributed by atoms with Gasteiger partial charge in [-0.15, -0.1) is 0 Å². The van der Waals surface area contributed by atoms with E-state index in [2.05, 4.69) is 20.7 Å². The monoisotopic (exact) mass is 340 g/mol. The Balaban J connectivity index is 1.88. The molecule has 0 saturated heterocycles. The van der Waals surface area contributed by atoms with Crippen molar-refractivity contribution in [1.29, 1.82) is 0 Å². The van der Waals surface area contributed by atoms with Gasteiger partial charge in [-0.2, -0.15) is 10.2 Å². The maximum Gasteiger partial charge on any atom is 0.292 e. The summed E-state index contributed by atoms with van der Waals surface area (Å²) < 4.78 is 0. The molecule has 0 radical (unpaired) electrons. The standard InChI is InChI=1S/C17H13ClN4O2/c1-10(11-6-8-12(18)9-7-11)19-22-17(24)15-13-4-2-3-5-14(13)16(23)21-20-15/h2-9H,1H3,(H,21,23)(H,22,24)/b19-10-. The number of rotatable bonds is 3. The second kappa shape index (κ2) is 6.64. The summed E-state index contributed by atoms with van der Waals surface area (Å²) >= 11 is 5.85. The molecule has 0 aliphatic carbocycles. The summed E-state index contributed by atoms with van der Waals surface area (Å²) in [5, 5.41) is 11.7. The summed E-state index contributed by atoms with van der Waals surface area (Å²) in [7, 11) is 0. The highest BCUT2D eigenvalue weighted by Crippen LogP contribution is 2.12. The van der Waals surface area contributed by atoms with E-state index >= 15 is 0 Å². The van der Waals surface area contributed by atoms with Crippen LogP contribution in [-0.4, -0.2) is 21.8 Å². The highest BCUT2D eigenvalue weighted by Gasteiger charge is 2.13. The van der Waals surface area contributed by atoms with Crippen molar-refractivity contribution in [3.8, 4) is 0 Å². The van der Waals surface area contributed by atoms with E-state index in [9.17, 15) is 9.59 Å². The van der Waals surface area contributed by atoms with Crippen LogP contribution in [-0.2, 0) is 0 Å². The number of aromatic amines is 1. The third kappa shape index (κ3) is 3.18. The molecule has 0 unspecified atom stereocenters. The van der Waals surface area contributed by atoms with Crippen molar-refractivity contribution in [2.45, 2.75) is 6.92 Å². The lowest BCUT2D eigenvalue weighted by molar-refractivity contribution is 0.0950. The van der Waals surface area contributed by atoms with E-state index in [4.69, 9.17) is 11.6 Å². The predicted molar refractivity (Wildman–Crippen MR) is 93.5 cm³/mol. The van der Waals surface area contributed by atoms with Crippen molar-refractivity contribution in [2.75, 3.05) is 0 Å². The molecule has 2 N–H and O–H groups in total. The smallest absolute Gasteiger partial charge is 0.267 e. The summed E-state index contributed by atoms with van der Waals surface area (Å²) in [4.78, 5) is 24.1. The molecule has 1 heterocycles. The summed E-state index contributed by atoms with van der Waals surface area (Å²) in [5.41, 5.74) is 3.67. The molecule has 24 heavy (non-hydrogen) atoms. The maximum absolute atomic E-state index is 12.3. The number of amides is 1. The lowest BCUT2D eigenvalue weighted by Gasteiger charge is -2.05. The third-order valence-corrected chi connectivity index (χ3v) is 3.75. The van der Waals surface area contributed by atoms with Gasteiger partial charge in [0.15, 0.2) is 5.69 Å². The molecule has 0 bridgehead atoms. The van der Waals surface area contributed by atoms with E-state index in [1.165, 1.54) is 0 Å². The number of carbonyl (C=O) groups excluding carboxylic acids is 1. The van der Waals surface area contributed by atoms with Gasteiger partial charge in [-0.1, -0.05) is 41.9 Å². The van der Waals surface area contributed by atoms with Gasteiger partial charge in [-0.05, 0) is 30.7 Å². The van der Waals surface area contributed by atoms with Gasteiger partial charge in [0, 0.05) is 10.4 Å². The average molecular weight is 341 g/mol. The first-order valence-electron chi connectivity index (χ1n) is 7.14. The molecule has 3 rings (SSSR count). The predicted octanol–water partition coefficient (Wildman–Crippen LogP) is 2.73. The Morgan fingerprint density at radius 3 is 2.50 bits per heavy atom. The van der Waals surface area contributed by atoms with E-state index in [0.29, 0.717) is 21.5 Å². The van der Waals surface area contributed by atoms with Gasteiger partial charge in [0.2, 0.25) is 0 Å². The van der Waals surface area contributed by atoms with Gasteiger partial charge in [0.25, 0.3) is 11.5 Å². The molecule has 120 valence electrons. The van der Waals surface area contributed by atoms with E-state index in [1.54, 1.807) is 55.5 Å². The van der Waals surface area contributed by atoms with Crippen LogP contribution in [0.15, 0.2) is 58.4 Å². The topological polar surface area (TPSA) is 87.2 Å². The Hall–Kier alpha value is -2.99. The summed E-state index contributed by atoms with van der Waals surface area (Å²) in [5.74, 6) is -0.504. The molecule has 2 aromatic carbocycles. The van der Waals surface area contributed by atoms with E-state index in [0.717, 1.165) is 5.56 Å². The van der Waals surface area contributed by atoms with Gasteiger partial charge in [0.1, 0.15) is 0 Å². The number of nitrogens with one attached hydrogen (secondary N) is 2. The van der Waals surface area contributed by atoms with Crippen LogP contribution < -0.4 is 11.0 Å². The van der Waals surface area contributed by atoms with Crippen molar-refractivity contribution < 1.29 is 4.79 Å². The van der Waals surface area contributed by atoms with Crippen molar-refractivity contribution in [2.24, 2.45) is 5.10 Å². The number of fused-ring (bicyclic) bond motifs is 1. The summed E-state index contributed by atoms with van der Waals surface area (Å²) in [6.07, 6.45) is 0. The number of nitrogens with zero attached hydrogens (tertiary/aromatic N) is 2. The van der Waals surface area contributed by atoms with Crippen LogP contribution in [0, 0.1) is 0 Å². The first-order valence-corrected chi connectivity index (χ1v) is 7.52. The molecule has 1 aromatic heterocycles. The van der Waals surface area contributed by atoms with Crippen LogP contribution >= 0.6 is 11.6 Å². The highest BCUT2D eigenvalue weighted by atomic mass is 35.5. The van der Waals surface area contributed by atoms with Crippen LogP contribution in [0.5, 0.6) is 0 Å². The molecule has 3 aromatic rings. The van der Waals surface area contributed by atoms with Gasteiger partial charge in [-0.25, -0.2) is 10.5 Å². The van der Waals surface area contributed by atoms with Crippen molar-refractivity contribution in [3.63, 3.8) is 0 Å². The molecule has 1 amide bonds. The number of hydrogen-bond donors (Lipinski definition) is 2. The normalized spacial score (nSPS) is 11.5. The van der Waals surface area contributed by atoms with Gasteiger partial charge in [0.05, 0.1) is 11.1 Å². The molecule has 0 saturated carbocycles. The molecule has 0 spiro atoms. The molecular formula is C17H13ClN4O2. The highest BCUT2D eigenvalue weighted by molar-refractivity contribution is 6.30. The Morgan fingerprint density at radius 1 is 1.12 bits per heavy atom. The number of aromatic nitrogens is 2. The minimum atomic E-state index is -0.504. The molecule has 0 fully saturated rings. The molecular weight excluding hydrogens is 328 g/mol. The van der Waals surface area contributed by atoms with Gasteiger partial charge < -0.3 is 0 Å². The van der Waals surface area contributed by atoms with Crippen molar-refractivity contribution in [1.82, 2.24) is 15.6 Å². The quantitative estimate of drug-likeness (QED) is 0.567. The largest absolute Gasteiger partial charge is 0.292 e. The second-order valence-electron chi connectivity index (χ2n) is 5.09. The van der Waals surface area contributed by atoms with Crippen LogP contribution in [0.4, 0.5) is 0 Å². The lowest BCUT2D eigenvalue weighted by Crippen LogP contribution is -2.23. The van der Waals surface area contributed by atoms with Crippen LogP contribution in [0.2, 0.25) is 5.02 Å². The Morgan fingerprint density at radius 2 is 1.79 bits per heavy atom. The zero-order chi connectivity index (χ0) is 17.1. The third-order valence-electron chi connectivity index (χ3n) is 3.50. The van der Waals surface area contributed by atoms with Gasteiger partial charge in [-0.3, -0.25) is 9.59 Å². The number of benzene rings is 2. The van der Waals surface area contributed by atoms with Crippen LogP contribution in [0.1, 0.15) is 23.0 Å². The number of hydrogen-bond acceptors (Lipinski definition) is 4. The lowest BCUT2D eigenvalue weighted by atomic mass is 10.1. The zero-order valence-corrected chi connectivity index (χ0v) is 13.5. The first-order chi connectivity index (χ1) is 11.6. The number of hydrazone groups is 1. The Kier molecular flexibility index (Phi) is 4.39. The second-order valence-corrected chi connectivity index (χ2v) is 5.53. The Labute approximate surface area is 142 Å². The minimum Gasteiger partial charge on any atom is -0.267 e. The number of carbonyl (C=O) groups is 1. The molecule has 0 aliphatic heterocycles. The molecule has 0 atom stereocenters. The molecule has 6 nitrogen and oxygen atoms in total. The van der Waals surface area contributed by atoms with Gasteiger partial charge >= 0.3 is 0 Å². The van der Waals surface area contributed by atoms with Crippen LogP contribution in [0.3, 0.4) is 0 Å². The minimum absolute atomic E-state index is 0.109. The van der Waals surface area contributed by atoms with Crippen molar-refractivity contribution in [3.05, 3.63) is 75.2 Å². The average Bonchev–Trinajstić information content (AvgIpc) is 2.60. The summed E-state index contributed by atoms with van der Waals surface area (Å²) in [6.45, 7) is 1.77. The fourth-order valence-corrected chi connectivity index (χ4v) is 2.36. The number of H-pyrrole nitrogens is 1. The zero-order valence-electron chi connectivity index (χ0n) is 12.7.